The predicted molar refractivity (Wildman–Crippen MR) is 175 cm³/mol. The van der Waals surface area contributed by atoms with E-state index in [2.05, 4.69) is 5.10 Å². The minimum absolute atomic E-state index is 0.121. The number of anilines is 2. The van der Waals surface area contributed by atoms with Gasteiger partial charge in [0, 0.05) is 56.2 Å². The van der Waals surface area contributed by atoms with Crippen LogP contribution in [0.1, 0.15) is 50.6 Å². The maximum atomic E-state index is 16.0. The average molecular weight is 674 g/mol. The lowest BCUT2D eigenvalue weighted by Crippen LogP contribution is -2.42. The van der Waals surface area contributed by atoms with Gasteiger partial charge in [-0.1, -0.05) is 0 Å². The van der Waals surface area contributed by atoms with Crippen LogP contribution in [0.3, 0.4) is 0 Å². The second kappa shape index (κ2) is 12.3. The first-order valence-corrected chi connectivity index (χ1v) is 15.3. The molecule has 1 amide bonds. The van der Waals surface area contributed by atoms with Crippen LogP contribution in [0.5, 0.6) is 11.5 Å². The molecule has 0 bridgehead atoms. The summed E-state index contributed by atoms with van der Waals surface area (Å²) < 4.78 is 45.2. The van der Waals surface area contributed by atoms with Crippen molar-refractivity contribution in [2.24, 2.45) is 7.05 Å². The summed E-state index contributed by atoms with van der Waals surface area (Å²) in [6, 6.07) is 3.63. The van der Waals surface area contributed by atoms with Crippen molar-refractivity contribution >= 4 is 40.4 Å². The van der Waals surface area contributed by atoms with Gasteiger partial charge in [0.25, 0.3) is 0 Å². The number of hydrogen-bond acceptors (Lipinski definition) is 10. The quantitative estimate of drug-likeness (QED) is 0.274. The lowest BCUT2D eigenvalue weighted by Gasteiger charge is -2.35. The minimum Gasteiger partial charge on any atom is -0.506 e. The first kappa shape index (κ1) is 33.0. The van der Waals surface area contributed by atoms with E-state index in [1.54, 1.807) is 45.6 Å². The molecule has 0 aliphatic carbocycles. The van der Waals surface area contributed by atoms with Crippen molar-refractivity contribution in [1.29, 1.82) is 0 Å². The Morgan fingerprint density at radius 1 is 1.14 bits per heavy atom. The largest absolute Gasteiger partial charge is 0.506 e. The van der Waals surface area contributed by atoms with Crippen LogP contribution in [0.4, 0.5) is 25.1 Å². The number of nitrogens with zero attached hydrogens (tertiary/aromatic N) is 7. The fraction of sp³-hybridized carbons (Fsp3) is 0.324. The third-order valence-corrected chi connectivity index (χ3v) is 8.26. The maximum Gasteiger partial charge on any atom is 0.410 e. The molecule has 2 aromatic carbocycles. The second-order valence-electron chi connectivity index (χ2n) is 12.6. The van der Waals surface area contributed by atoms with Gasteiger partial charge in [-0.05, 0) is 46.2 Å². The number of ether oxygens (including phenoxy) is 2. The molecule has 254 valence electrons. The van der Waals surface area contributed by atoms with Crippen molar-refractivity contribution in [1.82, 2.24) is 24.5 Å². The van der Waals surface area contributed by atoms with E-state index in [0.29, 0.717) is 28.9 Å². The second-order valence-corrected chi connectivity index (χ2v) is 12.6. The van der Waals surface area contributed by atoms with Crippen molar-refractivity contribution in [2.45, 2.75) is 52.7 Å². The molecule has 1 N–H and O–H groups in total. The number of halogens is 2. The third kappa shape index (κ3) is 5.68. The molecule has 13 nitrogen and oxygen atoms in total. The van der Waals surface area contributed by atoms with Gasteiger partial charge in [-0.15, -0.1) is 0 Å². The van der Waals surface area contributed by atoms with Crippen LogP contribution in [0.15, 0.2) is 48.7 Å². The Morgan fingerprint density at radius 2 is 1.88 bits per heavy atom. The van der Waals surface area contributed by atoms with Gasteiger partial charge in [0.1, 0.15) is 35.4 Å². The Morgan fingerprint density at radius 3 is 2.57 bits per heavy atom. The van der Waals surface area contributed by atoms with Crippen molar-refractivity contribution in [2.75, 3.05) is 23.0 Å². The Bertz CT molecular complexity index is 2140. The van der Waals surface area contributed by atoms with E-state index < -0.39 is 35.1 Å². The van der Waals surface area contributed by atoms with E-state index in [4.69, 9.17) is 14.6 Å². The molecule has 4 heterocycles. The number of hydrogen-bond donors (Lipinski definition) is 1. The fourth-order valence-corrected chi connectivity index (χ4v) is 6.04. The Labute approximate surface area is 279 Å². The van der Waals surface area contributed by atoms with Crippen LogP contribution in [-0.2, 0) is 27.8 Å². The zero-order chi connectivity index (χ0) is 35.4. The number of phenolic OH excluding ortho intramolecular Hbond substituents is 1. The van der Waals surface area contributed by atoms with Crippen LogP contribution in [0, 0.1) is 18.6 Å². The number of aryl methyl sites for hydroxylation is 2. The molecule has 15 heteroatoms. The number of rotatable bonds is 6. The lowest BCUT2D eigenvalue weighted by molar-refractivity contribution is 0.0160. The van der Waals surface area contributed by atoms with E-state index in [0.717, 1.165) is 11.0 Å². The van der Waals surface area contributed by atoms with Crippen molar-refractivity contribution < 1.29 is 37.7 Å². The predicted octanol–water partition coefficient (Wildman–Crippen LogP) is 5.14. The van der Waals surface area contributed by atoms with Crippen LogP contribution >= 0.6 is 0 Å². The molecule has 4 aromatic rings. The van der Waals surface area contributed by atoms with Crippen molar-refractivity contribution in [3.8, 4) is 17.2 Å². The summed E-state index contributed by atoms with van der Waals surface area (Å²) in [5.74, 6) is 1.42. The summed E-state index contributed by atoms with van der Waals surface area (Å²) in [5, 5.41) is 20.0. The molecule has 1 atom stereocenters. The van der Waals surface area contributed by atoms with Crippen molar-refractivity contribution in [3.05, 3.63) is 77.1 Å². The topological polar surface area (TPSA) is 135 Å². The number of carbonyl (C=O) groups excluding carboxylic acids is 3. The first-order valence-electron chi connectivity index (χ1n) is 15.3. The summed E-state index contributed by atoms with van der Waals surface area (Å²) in [4.78, 5) is 41.0. The number of amides is 1. The van der Waals surface area contributed by atoms with E-state index in [1.165, 1.54) is 58.0 Å². The van der Waals surface area contributed by atoms with Gasteiger partial charge < -0.3 is 19.5 Å². The normalized spacial score (nSPS) is 15.8. The molecular formula is C34H33F2N7O6. The molecule has 6 rings (SSSR count). The zero-order valence-corrected chi connectivity index (χ0v) is 27.6. The van der Waals surface area contributed by atoms with E-state index in [-0.39, 0.29) is 47.2 Å². The molecule has 0 saturated carbocycles. The van der Waals surface area contributed by atoms with Gasteiger partial charge in [-0.25, -0.2) is 27.8 Å². The number of fused-ring (bicyclic) bond motifs is 2. The zero-order valence-electron chi connectivity index (χ0n) is 27.6. The Hall–Kier alpha value is -5.91. The lowest BCUT2D eigenvalue weighted by atomic mass is 9.99. The van der Waals surface area contributed by atoms with Gasteiger partial charge in [-0.2, -0.15) is 10.2 Å². The Kier molecular flexibility index (Phi) is 8.27. The number of carbonyl (C=O) groups is 1. The molecule has 0 radical (unpaired) electrons. The Balaban J connectivity index is 1.52. The third-order valence-electron chi connectivity index (χ3n) is 8.26. The fourth-order valence-electron chi connectivity index (χ4n) is 6.04. The minimum atomic E-state index is -0.817. The van der Waals surface area contributed by atoms with E-state index in [9.17, 15) is 19.5 Å². The molecule has 2 aromatic heterocycles. The molecule has 0 unspecified atom stereocenters. The van der Waals surface area contributed by atoms with Gasteiger partial charge in [0.05, 0.1) is 34.5 Å². The van der Waals surface area contributed by atoms with E-state index >= 15 is 8.78 Å². The van der Waals surface area contributed by atoms with Crippen LogP contribution < -0.4 is 14.5 Å². The summed E-state index contributed by atoms with van der Waals surface area (Å²) in [6.07, 6.45) is 5.00. The molecule has 2 aliphatic heterocycles. The molecule has 49 heavy (non-hydrogen) atoms. The van der Waals surface area contributed by atoms with Gasteiger partial charge >= 0.3 is 6.09 Å². The van der Waals surface area contributed by atoms with Gasteiger partial charge in [-0.3, -0.25) is 14.5 Å². The molecule has 2 aliphatic rings. The molecule has 0 fully saturated rings. The summed E-state index contributed by atoms with van der Waals surface area (Å²) in [6.45, 7) is 8.65. The number of phenols is 1. The van der Waals surface area contributed by atoms with Crippen LogP contribution in [0.2, 0.25) is 0 Å². The standard InChI is InChI=1S/C34H33F2N7O6/c1-19-14-21(15-26(29(19)35)48-13-7-12-44)43-32(28-20(2)40(9-8-23(28)38-43)33(47)49-34(3,4)5)42-11-10-41(27(42)18-45)31-25(46)16-24-22(30(31)36)17-37-39(24)6/h7,10-11,14-17,20,46H,8-9,13H2,1-6H3/t20-/m0/s1. The van der Waals surface area contributed by atoms with Gasteiger partial charge in [0.15, 0.2) is 23.3 Å². The summed E-state index contributed by atoms with van der Waals surface area (Å²) in [7, 11) is 1.60. The molecule has 0 spiro atoms. The highest BCUT2D eigenvalue weighted by Crippen LogP contribution is 2.45. The van der Waals surface area contributed by atoms with Crippen LogP contribution in [-0.4, -0.2) is 66.3 Å². The summed E-state index contributed by atoms with van der Waals surface area (Å²) >= 11 is 0. The monoisotopic (exact) mass is 673 g/mol. The smallest absolute Gasteiger partial charge is 0.410 e. The van der Waals surface area contributed by atoms with Gasteiger partial charge in [0.2, 0.25) is 5.82 Å². The summed E-state index contributed by atoms with van der Waals surface area (Å²) in [5.41, 5.74) is 0.914. The highest BCUT2D eigenvalue weighted by atomic mass is 19.1. The molecule has 0 saturated heterocycles. The highest BCUT2D eigenvalue weighted by Gasteiger charge is 2.40. The SMILES string of the molecule is Cc1cc(-n2nc3c(c2N2C=CN(c4c(O)cc5c(cnn5C)c4F)C2=C=O)[C@H](C)N(C(=O)OC(C)(C)C)CC3)cc(OCC=C=O)c1F. The molecular weight excluding hydrogens is 640 g/mol. The average Bonchev–Trinajstić information content (AvgIpc) is 3.73. The number of benzene rings is 2. The first-order chi connectivity index (χ1) is 23.2. The number of aromatic hydroxyl groups is 1. The number of aromatic nitrogens is 4. The maximum absolute atomic E-state index is 16.0. The van der Waals surface area contributed by atoms with Crippen molar-refractivity contribution in [3.63, 3.8) is 0 Å². The van der Waals surface area contributed by atoms with Crippen LogP contribution in [0.25, 0.3) is 16.6 Å². The van der Waals surface area contributed by atoms with E-state index in [1.807, 2.05) is 5.94 Å². The highest BCUT2D eigenvalue weighted by molar-refractivity contribution is 5.90.